The molecule has 0 radical (unpaired) electrons. The molecule has 6 heteroatoms. The van der Waals surface area contributed by atoms with Gasteiger partial charge in [0.2, 0.25) is 0 Å². The van der Waals surface area contributed by atoms with Gasteiger partial charge in [-0.2, -0.15) is 0 Å². The Morgan fingerprint density at radius 2 is 2.18 bits per heavy atom. The summed E-state index contributed by atoms with van der Waals surface area (Å²) >= 11 is 0. The van der Waals surface area contributed by atoms with Gasteiger partial charge in [0.05, 0.1) is 0 Å². The molecule has 2 heterocycles. The first-order valence-electron chi connectivity index (χ1n) is 6.04. The van der Waals surface area contributed by atoms with Crippen molar-refractivity contribution in [1.82, 2.24) is 25.4 Å². The maximum atomic E-state index is 4.67. The molecule has 1 saturated heterocycles. The number of aryl methyl sites for hydroxylation is 1. The van der Waals surface area contributed by atoms with Gasteiger partial charge < -0.3 is 10.2 Å². The van der Waals surface area contributed by atoms with E-state index in [0.717, 1.165) is 44.1 Å². The third-order valence-corrected chi connectivity index (χ3v) is 3.40. The molecule has 96 valence electrons. The second-order valence-electron chi connectivity index (χ2n) is 4.82. The Morgan fingerprint density at radius 1 is 1.35 bits per heavy atom. The minimum absolute atomic E-state index is 0.564. The second-order valence-corrected chi connectivity index (χ2v) is 4.82. The van der Waals surface area contributed by atoms with Crippen LogP contribution in [0.1, 0.15) is 11.4 Å². The lowest BCUT2D eigenvalue weighted by atomic mass is 10.2. The normalized spacial score (nSPS) is 23.1. The predicted molar refractivity (Wildman–Crippen MR) is 64.7 cm³/mol. The van der Waals surface area contributed by atoms with Gasteiger partial charge in [-0.3, -0.25) is 4.90 Å². The Balaban J connectivity index is 1.76. The fraction of sp³-hybridized carbons (Fsp3) is 0.818. The van der Waals surface area contributed by atoms with E-state index in [-0.39, 0.29) is 0 Å². The first kappa shape index (κ1) is 12.5. The van der Waals surface area contributed by atoms with Crippen LogP contribution in [0.3, 0.4) is 0 Å². The molecule has 0 aromatic carbocycles. The van der Waals surface area contributed by atoms with Crippen LogP contribution in [0.15, 0.2) is 4.63 Å². The van der Waals surface area contributed by atoms with Crippen LogP contribution in [0.25, 0.3) is 0 Å². The van der Waals surface area contributed by atoms with Gasteiger partial charge in [-0.05, 0) is 21.0 Å². The summed E-state index contributed by atoms with van der Waals surface area (Å²) in [4.78, 5) is 4.77. The van der Waals surface area contributed by atoms with Crippen LogP contribution in [-0.4, -0.2) is 66.4 Å². The molecule has 0 bridgehead atoms. The molecule has 1 unspecified atom stereocenters. The highest BCUT2D eigenvalue weighted by Crippen LogP contribution is 2.05. The Bertz CT molecular complexity index is 353. The third kappa shape index (κ3) is 3.24. The highest BCUT2D eigenvalue weighted by atomic mass is 16.6. The van der Waals surface area contributed by atoms with Crippen LogP contribution in [0.4, 0.5) is 0 Å². The number of hydrogen-bond acceptors (Lipinski definition) is 6. The molecule has 1 aromatic heterocycles. The van der Waals surface area contributed by atoms with E-state index in [4.69, 9.17) is 0 Å². The molecule has 1 aromatic rings. The summed E-state index contributed by atoms with van der Waals surface area (Å²) in [5, 5.41) is 11.0. The topological polar surface area (TPSA) is 57.4 Å². The SMILES string of the molecule is Cc1nonc1CNCC1CN(C)CCN1C. The summed E-state index contributed by atoms with van der Waals surface area (Å²) in [5.41, 5.74) is 1.77. The first-order valence-corrected chi connectivity index (χ1v) is 6.04. The molecule has 2 rings (SSSR count). The molecule has 0 amide bonds. The predicted octanol–water partition coefficient (Wildman–Crippen LogP) is -0.287. The quantitative estimate of drug-likeness (QED) is 0.779. The Hall–Kier alpha value is -0.980. The van der Waals surface area contributed by atoms with Crippen LogP contribution < -0.4 is 5.32 Å². The zero-order valence-corrected chi connectivity index (χ0v) is 10.8. The van der Waals surface area contributed by atoms with E-state index in [1.54, 1.807) is 0 Å². The van der Waals surface area contributed by atoms with Gasteiger partial charge in [-0.15, -0.1) is 0 Å². The molecular weight excluding hydrogens is 218 g/mol. The standard InChI is InChI=1S/C11H21N5O/c1-9-11(14-17-13-9)7-12-6-10-8-15(2)4-5-16(10)3/h10,12H,4-8H2,1-3H3. The molecule has 0 spiro atoms. The van der Waals surface area contributed by atoms with Gasteiger partial charge in [-0.25, -0.2) is 4.63 Å². The van der Waals surface area contributed by atoms with Crippen molar-refractivity contribution in [2.24, 2.45) is 0 Å². The Morgan fingerprint density at radius 3 is 2.88 bits per heavy atom. The maximum Gasteiger partial charge on any atom is 0.121 e. The van der Waals surface area contributed by atoms with Crippen molar-refractivity contribution in [2.75, 3.05) is 40.3 Å². The maximum absolute atomic E-state index is 4.67. The van der Waals surface area contributed by atoms with Crippen molar-refractivity contribution in [3.8, 4) is 0 Å². The zero-order chi connectivity index (χ0) is 12.3. The molecular formula is C11H21N5O. The summed E-state index contributed by atoms with van der Waals surface area (Å²) in [5.74, 6) is 0. The van der Waals surface area contributed by atoms with Gasteiger partial charge in [0.25, 0.3) is 0 Å². The molecule has 1 aliphatic heterocycles. The fourth-order valence-corrected chi connectivity index (χ4v) is 2.09. The molecule has 0 aliphatic carbocycles. The highest BCUT2D eigenvalue weighted by molar-refractivity contribution is 5.03. The highest BCUT2D eigenvalue weighted by Gasteiger charge is 2.21. The van der Waals surface area contributed by atoms with Crippen molar-refractivity contribution in [2.45, 2.75) is 19.5 Å². The van der Waals surface area contributed by atoms with E-state index in [0.29, 0.717) is 6.04 Å². The van der Waals surface area contributed by atoms with Crippen molar-refractivity contribution >= 4 is 0 Å². The lowest BCUT2D eigenvalue weighted by molar-refractivity contribution is 0.113. The van der Waals surface area contributed by atoms with E-state index in [1.165, 1.54) is 0 Å². The van der Waals surface area contributed by atoms with Gasteiger partial charge in [0, 0.05) is 38.8 Å². The molecule has 1 fully saturated rings. The smallest absolute Gasteiger partial charge is 0.121 e. The summed E-state index contributed by atoms with van der Waals surface area (Å²) in [6, 6.07) is 0.564. The number of likely N-dealkylation sites (N-methyl/N-ethyl adjacent to an activating group) is 2. The van der Waals surface area contributed by atoms with Crippen molar-refractivity contribution in [1.29, 1.82) is 0 Å². The van der Waals surface area contributed by atoms with Crippen LogP contribution in [-0.2, 0) is 6.54 Å². The second kappa shape index (κ2) is 5.57. The van der Waals surface area contributed by atoms with Crippen LogP contribution >= 0.6 is 0 Å². The number of rotatable bonds is 4. The Kier molecular flexibility index (Phi) is 4.09. The van der Waals surface area contributed by atoms with Gasteiger partial charge in [0.15, 0.2) is 0 Å². The summed E-state index contributed by atoms with van der Waals surface area (Å²) in [6.07, 6.45) is 0. The van der Waals surface area contributed by atoms with Crippen molar-refractivity contribution in [3.63, 3.8) is 0 Å². The van der Waals surface area contributed by atoms with Crippen LogP contribution in [0, 0.1) is 6.92 Å². The van der Waals surface area contributed by atoms with Gasteiger partial charge >= 0.3 is 0 Å². The summed E-state index contributed by atoms with van der Waals surface area (Å²) in [6.45, 7) is 7.00. The average molecular weight is 239 g/mol. The molecule has 1 atom stereocenters. The molecule has 0 saturated carbocycles. The van der Waals surface area contributed by atoms with Gasteiger partial charge in [-0.1, -0.05) is 10.3 Å². The van der Waals surface area contributed by atoms with E-state index in [9.17, 15) is 0 Å². The number of nitrogens with one attached hydrogen (secondary N) is 1. The third-order valence-electron chi connectivity index (χ3n) is 3.40. The summed E-state index contributed by atoms with van der Waals surface area (Å²) in [7, 11) is 4.36. The minimum Gasteiger partial charge on any atom is -0.309 e. The van der Waals surface area contributed by atoms with Crippen LogP contribution in [0.2, 0.25) is 0 Å². The Labute approximate surface area is 102 Å². The lowest BCUT2D eigenvalue weighted by Gasteiger charge is -2.37. The molecule has 1 N–H and O–H groups in total. The first-order chi connectivity index (χ1) is 8.16. The number of nitrogens with zero attached hydrogens (tertiary/aromatic N) is 4. The monoisotopic (exact) mass is 239 g/mol. The molecule has 17 heavy (non-hydrogen) atoms. The fourth-order valence-electron chi connectivity index (χ4n) is 2.09. The van der Waals surface area contributed by atoms with Crippen molar-refractivity contribution < 1.29 is 4.63 Å². The number of aromatic nitrogens is 2. The van der Waals surface area contributed by atoms with E-state index in [2.05, 4.69) is 44.2 Å². The van der Waals surface area contributed by atoms with E-state index >= 15 is 0 Å². The summed E-state index contributed by atoms with van der Waals surface area (Å²) < 4.78 is 4.67. The van der Waals surface area contributed by atoms with E-state index in [1.807, 2.05) is 6.92 Å². The minimum atomic E-state index is 0.564. The lowest BCUT2D eigenvalue weighted by Crippen LogP contribution is -2.53. The number of hydrogen-bond donors (Lipinski definition) is 1. The average Bonchev–Trinajstić information content (AvgIpc) is 2.70. The largest absolute Gasteiger partial charge is 0.309 e. The van der Waals surface area contributed by atoms with Crippen molar-refractivity contribution in [3.05, 3.63) is 11.4 Å². The van der Waals surface area contributed by atoms with Crippen LogP contribution in [0.5, 0.6) is 0 Å². The molecule has 6 nitrogen and oxygen atoms in total. The molecule has 1 aliphatic rings. The zero-order valence-electron chi connectivity index (χ0n) is 10.8. The van der Waals surface area contributed by atoms with Gasteiger partial charge in [0.1, 0.15) is 11.4 Å². The number of piperazine rings is 1. The van der Waals surface area contributed by atoms with E-state index < -0.39 is 0 Å².